The highest BCUT2D eigenvalue weighted by Gasteiger charge is 2.46. The van der Waals surface area contributed by atoms with Crippen LogP contribution < -0.4 is 4.74 Å². The van der Waals surface area contributed by atoms with Crippen LogP contribution in [0.5, 0.6) is 5.75 Å². The monoisotopic (exact) mass is 412 g/mol. The molecule has 0 bridgehead atoms. The van der Waals surface area contributed by atoms with Crippen LogP contribution in [0.25, 0.3) is 0 Å². The molecule has 0 radical (unpaired) electrons. The molecule has 6 heteroatoms. The molecule has 2 saturated heterocycles. The van der Waals surface area contributed by atoms with E-state index in [1.165, 1.54) is 11.1 Å². The van der Waals surface area contributed by atoms with Gasteiger partial charge in [0.2, 0.25) is 10.0 Å². The van der Waals surface area contributed by atoms with Crippen LogP contribution in [0.1, 0.15) is 36.4 Å². The van der Waals surface area contributed by atoms with Crippen molar-refractivity contribution in [3.05, 3.63) is 59.7 Å². The number of piperidine rings is 2. The molecule has 2 aromatic rings. The van der Waals surface area contributed by atoms with Gasteiger partial charge in [-0.3, -0.25) is 4.90 Å². The molecular weight excluding hydrogens is 384 g/mol. The molecule has 3 heterocycles. The number of hydrogen-bond donors (Lipinski definition) is 0. The van der Waals surface area contributed by atoms with Crippen LogP contribution in [0.15, 0.2) is 53.4 Å². The number of fused-ring (bicyclic) bond motifs is 4. The Bertz CT molecular complexity index is 989. The lowest BCUT2D eigenvalue weighted by Crippen LogP contribution is -2.57. The molecule has 29 heavy (non-hydrogen) atoms. The summed E-state index contributed by atoms with van der Waals surface area (Å²) in [6.45, 7) is 2.69. The summed E-state index contributed by atoms with van der Waals surface area (Å²) in [5.74, 6) is 1.09. The van der Waals surface area contributed by atoms with Crippen molar-refractivity contribution < 1.29 is 13.2 Å². The van der Waals surface area contributed by atoms with Crippen molar-refractivity contribution >= 4 is 10.0 Å². The van der Waals surface area contributed by atoms with Gasteiger partial charge in [-0.05, 0) is 67.0 Å². The minimum Gasteiger partial charge on any atom is -0.497 e. The predicted molar refractivity (Wildman–Crippen MR) is 112 cm³/mol. The van der Waals surface area contributed by atoms with E-state index in [1.54, 1.807) is 35.7 Å². The zero-order valence-electron chi connectivity index (χ0n) is 16.8. The molecule has 0 saturated carbocycles. The van der Waals surface area contributed by atoms with Crippen molar-refractivity contribution in [3.8, 4) is 5.75 Å². The average molecular weight is 413 g/mol. The molecule has 2 fully saturated rings. The van der Waals surface area contributed by atoms with Crippen molar-refractivity contribution in [1.29, 1.82) is 0 Å². The number of hydrogen-bond acceptors (Lipinski definition) is 4. The van der Waals surface area contributed by atoms with Gasteiger partial charge in [-0.15, -0.1) is 0 Å². The Kier molecular flexibility index (Phi) is 4.88. The van der Waals surface area contributed by atoms with Gasteiger partial charge in [-0.25, -0.2) is 8.42 Å². The van der Waals surface area contributed by atoms with Crippen LogP contribution in [0.3, 0.4) is 0 Å². The number of benzene rings is 2. The van der Waals surface area contributed by atoms with Crippen LogP contribution in [0.2, 0.25) is 0 Å². The Morgan fingerprint density at radius 1 is 1.03 bits per heavy atom. The first-order chi connectivity index (χ1) is 14.1. The average Bonchev–Trinajstić information content (AvgIpc) is 2.77. The smallest absolute Gasteiger partial charge is 0.243 e. The predicted octanol–water partition coefficient (Wildman–Crippen LogP) is 3.47. The van der Waals surface area contributed by atoms with Gasteiger partial charge in [0.15, 0.2) is 0 Å². The second-order valence-corrected chi connectivity index (χ2v) is 10.3. The molecule has 5 nitrogen and oxygen atoms in total. The molecule has 154 valence electrons. The van der Waals surface area contributed by atoms with E-state index in [4.69, 9.17) is 4.74 Å². The minimum absolute atomic E-state index is 0.0725. The highest BCUT2D eigenvalue weighted by molar-refractivity contribution is 7.89. The largest absolute Gasteiger partial charge is 0.497 e. The lowest BCUT2D eigenvalue weighted by Gasteiger charge is -2.51. The summed E-state index contributed by atoms with van der Waals surface area (Å²) in [6, 6.07) is 15.9. The lowest BCUT2D eigenvalue weighted by atomic mass is 9.77. The standard InChI is InChI=1S/C23H28N2O3S/c1-28-19-8-10-20(11-9-19)29(26,27)25-13-4-6-18-16-24-14-12-17-5-2-3-7-21(17)23(24)15-22(18)25/h2-3,5,7-11,18,22-23H,4,6,12-16H2,1H3/t18-,22+,23-/m1/s1. The van der Waals surface area contributed by atoms with Crippen molar-refractivity contribution in [3.63, 3.8) is 0 Å². The zero-order chi connectivity index (χ0) is 20.0. The van der Waals surface area contributed by atoms with E-state index in [9.17, 15) is 8.42 Å². The van der Waals surface area contributed by atoms with Gasteiger partial charge in [0, 0.05) is 31.7 Å². The minimum atomic E-state index is -3.51. The quantitative estimate of drug-likeness (QED) is 0.775. The van der Waals surface area contributed by atoms with E-state index in [-0.39, 0.29) is 6.04 Å². The number of methoxy groups -OCH3 is 1. The molecule has 0 aromatic heterocycles. The fourth-order valence-corrected chi connectivity index (χ4v) is 7.27. The molecule has 0 amide bonds. The summed E-state index contributed by atoms with van der Waals surface area (Å²) in [4.78, 5) is 2.96. The van der Waals surface area contributed by atoms with Gasteiger partial charge in [0.05, 0.1) is 12.0 Å². The second kappa shape index (κ2) is 7.42. The van der Waals surface area contributed by atoms with Gasteiger partial charge in [0.1, 0.15) is 5.75 Å². The first-order valence-corrected chi connectivity index (χ1v) is 12.0. The maximum atomic E-state index is 13.5. The normalized spacial score (nSPS) is 27.6. The molecule has 3 aliphatic rings. The van der Waals surface area contributed by atoms with E-state index < -0.39 is 10.0 Å². The van der Waals surface area contributed by atoms with Gasteiger partial charge in [0.25, 0.3) is 0 Å². The molecule has 0 aliphatic carbocycles. The van der Waals surface area contributed by atoms with Gasteiger partial charge < -0.3 is 4.74 Å². The van der Waals surface area contributed by atoms with E-state index in [0.717, 1.165) is 38.8 Å². The number of sulfonamides is 1. The Morgan fingerprint density at radius 2 is 1.83 bits per heavy atom. The van der Waals surface area contributed by atoms with Crippen molar-refractivity contribution in [2.75, 3.05) is 26.7 Å². The first-order valence-electron chi connectivity index (χ1n) is 10.6. The van der Waals surface area contributed by atoms with Crippen LogP contribution in [-0.4, -0.2) is 50.4 Å². The summed E-state index contributed by atoms with van der Waals surface area (Å²) in [7, 11) is -1.92. The van der Waals surface area contributed by atoms with Crippen LogP contribution >= 0.6 is 0 Å². The summed E-state index contributed by atoms with van der Waals surface area (Å²) < 4.78 is 34.0. The Labute approximate surface area is 173 Å². The highest BCUT2D eigenvalue weighted by Crippen LogP contribution is 2.44. The molecule has 0 spiro atoms. The summed E-state index contributed by atoms with van der Waals surface area (Å²) in [6.07, 6.45) is 4.03. The van der Waals surface area contributed by atoms with E-state index in [2.05, 4.69) is 29.2 Å². The Balaban J connectivity index is 1.46. The molecule has 0 N–H and O–H groups in total. The van der Waals surface area contributed by atoms with E-state index >= 15 is 0 Å². The summed E-state index contributed by atoms with van der Waals surface area (Å²) in [5, 5.41) is 0. The van der Waals surface area contributed by atoms with Crippen molar-refractivity contribution in [1.82, 2.24) is 9.21 Å². The molecule has 5 rings (SSSR count). The SMILES string of the molecule is COc1ccc(S(=O)(=O)N2CCC[C@@H]3CN4CCc5ccccc5[C@H]4C[C@@H]32)cc1. The highest BCUT2D eigenvalue weighted by atomic mass is 32.2. The number of rotatable bonds is 3. The molecule has 3 atom stereocenters. The fourth-order valence-electron chi connectivity index (χ4n) is 5.54. The third kappa shape index (κ3) is 3.27. The first kappa shape index (κ1) is 19.1. The molecular formula is C23H28N2O3S. The topological polar surface area (TPSA) is 49.9 Å². The summed E-state index contributed by atoms with van der Waals surface area (Å²) in [5.41, 5.74) is 2.82. The van der Waals surface area contributed by atoms with Crippen molar-refractivity contribution in [2.45, 2.75) is 42.7 Å². The summed E-state index contributed by atoms with van der Waals surface area (Å²) >= 11 is 0. The van der Waals surface area contributed by atoms with E-state index in [0.29, 0.717) is 29.1 Å². The number of ether oxygens (including phenoxy) is 1. The third-order valence-corrected chi connectivity index (χ3v) is 8.93. The molecule has 0 unspecified atom stereocenters. The molecule has 3 aliphatic heterocycles. The maximum absolute atomic E-state index is 13.5. The van der Waals surface area contributed by atoms with Crippen LogP contribution in [0.4, 0.5) is 0 Å². The number of nitrogens with zero attached hydrogens (tertiary/aromatic N) is 2. The van der Waals surface area contributed by atoms with E-state index in [1.807, 2.05) is 0 Å². The van der Waals surface area contributed by atoms with Gasteiger partial charge >= 0.3 is 0 Å². The Hall–Kier alpha value is -1.89. The maximum Gasteiger partial charge on any atom is 0.243 e. The van der Waals surface area contributed by atoms with Gasteiger partial charge in [-0.1, -0.05) is 24.3 Å². The Morgan fingerprint density at radius 3 is 2.62 bits per heavy atom. The van der Waals surface area contributed by atoms with Crippen molar-refractivity contribution in [2.24, 2.45) is 5.92 Å². The zero-order valence-corrected chi connectivity index (χ0v) is 17.6. The van der Waals surface area contributed by atoms with Crippen LogP contribution in [0, 0.1) is 5.92 Å². The second-order valence-electron chi connectivity index (χ2n) is 8.46. The third-order valence-electron chi connectivity index (χ3n) is 6.99. The van der Waals surface area contributed by atoms with Crippen LogP contribution in [-0.2, 0) is 16.4 Å². The molecule has 2 aromatic carbocycles. The fraction of sp³-hybridized carbons (Fsp3) is 0.478. The van der Waals surface area contributed by atoms with Gasteiger partial charge in [-0.2, -0.15) is 4.31 Å². The lowest BCUT2D eigenvalue weighted by molar-refractivity contribution is 0.0220.